The zero-order valence-electron chi connectivity index (χ0n) is 23.8. The summed E-state index contributed by atoms with van der Waals surface area (Å²) in [5, 5.41) is 21.6. The molecule has 0 saturated heterocycles. The van der Waals surface area contributed by atoms with Crippen LogP contribution in [0.15, 0.2) is 36.4 Å². The molecule has 1 aliphatic rings. The van der Waals surface area contributed by atoms with Gasteiger partial charge in [0.15, 0.2) is 0 Å². The van der Waals surface area contributed by atoms with Crippen LogP contribution in [0.1, 0.15) is 115 Å². The molecule has 2 aromatic carbocycles. The summed E-state index contributed by atoms with van der Waals surface area (Å²) >= 11 is 0. The first-order chi connectivity index (χ1) is 17.2. The molecule has 0 fully saturated rings. The van der Waals surface area contributed by atoms with Crippen molar-refractivity contribution in [3.8, 4) is 11.1 Å². The van der Waals surface area contributed by atoms with Gasteiger partial charge < -0.3 is 10.0 Å². The van der Waals surface area contributed by atoms with Crippen LogP contribution in [0.5, 0.6) is 0 Å². The van der Waals surface area contributed by atoms with E-state index >= 15 is 0 Å². The summed E-state index contributed by atoms with van der Waals surface area (Å²) in [4.78, 5) is 0. The van der Waals surface area contributed by atoms with E-state index in [0.29, 0.717) is 5.46 Å². The summed E-state index contributed by atoms with van der Waals surface area (Å²) in [5.41, 5.74) is 6.17. The van der Waals surface area contributed by atoms with E-state index in [0.717, 1.165) is 12.8 Å². The van der Waals surface area contributed by atoms with Gasteiger partial charge in [0.05, 0.1) is 8.07 Å². The minimum atomic E-state index is -1.46. The van der Waals surface area contributed by atoms with Crippen molar-refractivity contribution in [1.29, 1.82) is 0 Å². The molecule has 1 aliphatic carbocycles. The average molecular weight is 507 g/mol. The van der Waals surface area contributed by atoms with Crippen molar-refractivity contribution in [3.63, 3.8) is 0 Å². The standard InChI is InChI=1S/C32H51BO2Si/c1-6-8-10-12-14-16-22-32(23-17-15-13-11-9-7-2)30-24-26(33(34)35)18-20-28(30)29-21-19-27(25-31(29)32)36(3,4)5/h18-21,24-25,34-35H,6-17,22-23H2,1-5H3. The van der Waals surface area contributed by atoms with E-state index in [2.05, 4.69) is 63.8 Å². The molecule has 0 aliphatic heterocycles. The number of hydrogen-bond acceptors (Lipinski definition) is 2. The van der Waals surface area contributed by atoms with Gasteiger partial charge in [0.25, 0.3) is 0 Å². The second-order valence-electron chi connectivity index (χ2n) is 12.3. The zero-order chi connectivity index (χ0) is 26.2. The van der Waals surface area contributed by atoms with E-state index < -0.39 is 15.2 Å². The maximum Gasteiger partial charge on any atom is 0.488 e. The molecule has 0 amide bonds. The first kappa shape index (κ1) is 29.2. The summed E-state index contributed by atoms with van der Waals surface area (Å²) in [6, 6.07) is 13.5. The van der Waals surface area contributed by atoms with Crippen molar-refractivity contribution in [2.75, 3.05) is 0 Å². The molecule has 0 radical (unpaired) electrons. The molecule has 0 saturated carbocycles. The van der Waals surface area contributed by atoms with Gasteiger partial charge in [-0.1, -0.05) is 152 Å². The van der Waals surface area contributed by atoms with Crippen LogP contribution in [-0.4, -0.2) is 25.2 Å². The monoisotopic (exact) mass is 506 g/mol. The van der Waals surface area contributed by atoms with Gasteiger partial charge in [-0.3, -0.25) is 0 Å². The maximum absolute atomic E-state index is 10.0. The summed E-state index contributed by atoms with van der Waals surface area (Å²) in [5.74, 6) is 0. The topological polar surface area (TPSA) is 40.5 Å². The van der Waals surface area contributed by atoms with Crippen molar-refractivity contribution >= 4 is 25.8 Å². The predicted octanol–water partition coefficient (Wildman–Crippen LogP) is 7.68. The van der Waals surface area contributed by atoms with E-state index in [1.807, 2.05) is 6.07 Å². The Balaban J connectivity index is 2.00. The van der Waals surface area contributed by atoms with E-state index in [9.17, 15) is 10.0 Å². The minimum absolute atomic E-state index is 0.0132. The van der Waals surface area contributed by atoms with Crippen LogP contribution in [0.25, 0.3) is 11.1 Å². The number of rotatable bonds is 16. The third kappa shape index (κ3) is 6.94. The van der Waals surface area contributed by atoms with Crippen LogP contribution >= 0.6 is 0 Å². The Morgan fingerprint density at radius 1 is 0.639 bits per heavy atom. The van der Waals surface area contributed by atoms with Gasteiger partial charge in [0, 0.05) is 5.41 Å². The van der Waals surface area contributed by atoms with Crippen molar-refractivity contribution in [3.05, 3.63) is 47.5 Å². The van der Waals surface area contributed by atoms with Crippen LogP contribution in [-0.2, 0) is 5.41 Å². The summed E-state index contributed by atoms with van der Waals surface area (Å²) < 4.78 is 0. The third-order valence-electron chi connectivity index (χ3n) is 8.46. The summed E-state index contributed by atoms with van der Waals surface area (Å²) in [6.45, 7) is 11.9. The molecule has 0 heterocycles. The summed E-state index contributed by atoms with van der Waals surface area (Å²) in [6.07, 6.45) is 18.0. The highest BCUT2D eigenvalue weighted by Crippen LogP contribution is 2.53. The van der Waals surface area contributed by atoms with Gasteiger partial charge in [-0.15, -0.1) is 0 Å². The number of unbranched alkanes of at least 4 members (excludes halogenated alkanes) is 10. The van der Waals surface area contributed by atoms with Crippen LogP contribution in [0.4, 0.5) is 0 Å². The molecular formula is C32H51BO2Si. The van der Waals surface area contributed by atoms with Crippen LogP contribution in [0.3, 0.4) is 0 Å². The predicted molar refractivity (Wildman–Crippen MR) is 161 cm³/mol. The highest BCUT2D eigenvalue weighted by atomic mass is 28.3. The SMILES string of the molecule is CCCCCCCCC1(CCCCCCCC)c2cc(B(O)O)ccc2-c2ccc([Si](C)(C)C)cc21. The van der Waals surface area contributed by atoms with E-state index in [4.69, 9.17) is 0 Å². The molecular weight excluding hydrogens is 455 g/mol. The molecule has 0 atom stereocenters. The van der Waals surface area contributed by atoms with Crippen LogP contribution < -0.4 is 10.6 Å². The first-order valence-electron chi connectivity index (χ1n) is 14.9. The lowest BCUT2D eigenvalue weighted by atomic mass is 9.68. The molecule has 2 nitrogen and oxygen atoms in total. The van der Waals surface area contributed by atoms with E-state index in [1.54, 1.807) is 0 Å². The normalized spacial score (nSPS) is 14.1. The fourth-order valence-electron chi connectivity index (χ4n) is 6.22. The molecule has 4 heteroatoms. The minimum Gasteiger partial charge on any atom is -0.423 e. The van der Waals surface area contributed by atoms with Crippen molar-refractivity contribution in [2.45, 2.75) is 129 Å². The molecule has 0 bridgehead atoms. The van der Waals surface area contributed by atoms with Gasteiger partial charge in [-0.05, 0) is 40.6 Å². The maximum atomic E-state index is 10.0. The molecule has 0 aromatic heterocycles. The van der Waals surface area contributed by atoms with Gasteiger partial charge in [-0.2, -0.15) is 0 Å². The Kier molecular flexibility index (Phi) is 10.9. The lowest BCUT2D eigenvalue weighted by molar-refractivity contribution is 0.397. The van der Waals surface area contributed by atoms with Crippen LogP contribution in [0.2, 0.25) is 19.6 Å². The van der Waals surface area contributed by atoms with Gasteiger partial charge in [0.1, 0.15) is 0 Å². The van der Waals surface area contributed by atoms with Gasteiger partial charge in [-0.25, -0.2) is 0 Å². The molecule has 2 N–H and O–H groups in total. The third-order valence-corrected chi connectivity index (χ3v) is 10.5. The Labute approximate surface area is 223 Å². The number of benzene rings is 2. The molecule has 0 unspecified atom stereocenters. The van der Waals surface area contributed by atoms with Crippen molar-refractivity contribution in [2.24, 2.45) is 0 Å². The van der Waals surface area contributed by atoms with Crippen molar-refractivity contribution in [1.82, 2.24) is 0 Å². The van der Waals surface area contributed by atoms with E-state index in [-0.39, 0.29) is 5.41 Å². The van der Waals surface area contributed by atoms with E-state index in [1.165, 1.54) is 104 Å². The molecule has 2 aromatic rings. The Bertz CT molecular complexity index is 947. The van der Waals surface area contributed by atoms with Gasteiger partial charge >= 0.3 is 7.12 Å². The van der Waals surface area contributed by atoms with Crippen LogP contribution in [0, 0.1) is 0 Å². The average Bonchev–Trinajstić information content (AvgIpc) is 3.12. The largest absolute Gasteiger partial charge is 0.488 e. The van der Waals surface area contributed by atoms with Gasteiger partial charge in [0.2, 0.25) is 0 Å². The van der Waals surface area contributed by atoms with Crippen molar-refractivity contribution < 1.29 is 10.0 Å². The quantitative estimate of drug-likeness (QED) is 0.181. The smallest absolute Gasteiger partial charge is 0.423 e. The lowest BCUT2D eigenvalue weighted by Crippen LogP contribution is -2.39. The zero-order valence-corrected chi connectivity index (χ0v) is 24.8. The first-order valence-corrected chi connectivity index (χ1v) is 18.4. The fourth-order valence-corrected chi connectivity index (χ4v) is 7.38. The molecule has 36 heavy (non-hydrogen) atoms. The fraction of sp³-hybridized carbons (Fsp3) is 0.625. The Morgan fingerprint density at radius 2 is 1.11 bits per heavy atom. The molecule has 0 spiro atoms. The molecule has 3 rings (SSSR count). The second kappa shape index (κ2) is 13.4. The highest BCUT2D eigenvalue weighted by Gasteiger charge is 2.43. The Morgan fingerprint density at radius 3 is 1.61 bits per heavy atom. The summed E-state index contributed by atoms with van der Waals surface area (Å²) in [7, 11) is -2.88. The highest BCUT2D eigenvalue weighted by molar-refractivity contribution is 6.88. The Hall–Kier alpha value is -1.36. The lowest BCUT2D eigenvalue weighted by Gasteiger charge is -2.34. The number of fused-ring (bicyclic) bond motifs is 3. The second-order valence-corrected chi connectivity index (χ2v) is 17.4. The molecule has 198 valence electrons. The number of hydrogen-bond donors (Lipinski definition) is 2.